The molecular formula is C22H18FN3O4S2. The van der Waals surface area contributed by atoms with Crippen molar-refractivity contribution >= 4 is 19.9 Å². The molecule has 0 fully saturated rings. The van der Waals surface area contributed by atoms with Gasteiger partial charge in [-0.1, -0.05) is 12.1 Å². The first kappa shape index (κ1) is 21.9. The summed E-state index contributed by atoms with van der Waals surface area (Å²) in [6.45, 7) is 0. The first-order valence-corrected chi connectivity index (χ1v) is 12.8. The third-order valence-electron chi connectivity index (χ3n) is 4.84. The number of nitrogens with zero attached hydrogens (tertiary/aromatic N) is 2. The van der Waals surface area contributed by atoms with Crippen LogP contribution in [0.1, 0.15) is 0 Å². The largest absolute Gasteiger partial charge is 0.238 e. The quantitative estimate of drug-likeness (QED) is 0.479. The number of aromatic nitrogens is 2. The van der Waals surface area contributed by atoms with Gasteiger partial charge < -0.3 is 0 Å². The molecule has 0 aliphatic heterocycles. The molecule has 1 aromatic heterocycles. The lowest BCUT2D eigenvalue weighted by Gasteiger charge is -2.08. The number of benzene rings is 3. The summed E-state index contributed by atoms with van der Waals surface area (Å²) in [5.41, 5.74) is 3.13. The van der Waals surface area contributed by atoms with Crippen LogP contribution >= 0.6 is 0 Å². The number of rotatable bonds is 5. The average molecular weight is 472 g/mol. The van der Waals surface area contributed by atoms with E-state index in [9.17, 15) is 21.2 Å². The maximum absolute atomic E-state index is 13.4. The second kappa shape index (κ2) is 7.97. The molecule has 3 aromatic carbocycles. The van der Waals surface area contributed by atoms with Crippen LogP contribution in [0.2, 0.25) is 0 Å². The molecule has 32 heavy (non-hydrogen) atoms. The van der Waals surface area contributed by atoms with Gasteiger partial charge in [-0.2, -0.15) is 5.10 Å². The van der Waals surface area contributed by atoms with Crippen LogP contribution in [0.4, 0.5) is 4.39 Å². The van der Waals surface area contributed by atoms with Crippen LogP contribution in [0.25, 0.3) is 28.2 Å². The smallest absolute Gasteiger partial charge is 0.232 e. The van der Waals surface area contributed by atoms with Crippen LogP contribution in [0, 0.1) is 5.82 Å². The number of nitrogens with two attached hydrogens (primary N) is 1. The van der Waals surface area contributed by atoms with Crippen molar-refractivity contribution in [2.45, 2.75) is 9.79 Å². The fourth-order valence-corrected chi connectivity index (χ4v) is 4.34. The van der Waals surface area contributed by atoms with Crippen molar-refractivity contribution in [1.29, 1.82) is 0 Å². The van der Waals surface area contributed by atoms with Gasteiger partial charge in [-0.3, -0.25) is 0 Å². The molecule has 0 amide bonds. The van der Waals surface area contributed by atoms with Crippen LogP contribution < -0.4 is 5.14 Å². The van der Waals surface area contributed by atoms with Crippen LogP contribution in [0.5, 0.6) is 0 Å². The fourth-order valence-electron chi connectivity index (χ4n) is 3.20. The molecule has 2 N–H and O–H groups in total. The Balaban J connectivity index is 1.85. The molecule has 0 saturated heterocycles. The summed E-state index contributed by atoms with van der Waals surface area (Å²) in [4.78, 5) is 0.159. The van der Waals surface area contributed by atoms with Gasteiger partial charge in [0.05, 0.1) is 26.9 Å². The van der Waals surface area contributed by atoms with Gasteiger partial charge in [0.1, 0.15) is 5.82 Å². The molecular weight excluding hydrogens is 453 g/mol. The van der Waals surface area contributed by atoms with Crippen molar-refractivity contribution in [3.8, 4) is 28.2 Å². The number of sulfonamides is 1. The van der Waals surface area contributed by atoms with E-state index in [1.807, 2.05) is 0 Å². The molecule has 164 valence electrons. The third-order valence-corrected chi connectivity index (χ3v) is 6.90. The van der Waals surface area contributed by atoms with Gasteiger partial charge in [0.25, 0.3) is 0 Å². The Bertz CT molecular complexity index is 1490. The Kier molecular flexibility index (Phi) is 5.45. The Hall–Kier alpha value is -3.34. The molecule has 0 aliphatic carbocycles. The zero-order valence-corrected chi connectivity index (χ0v) is 18.4. The minimum atomic E-state index is -3.84. The zero-order chi connectivity index (χ0) is 23.1. The van der Waals surface area contributed by atoms with Crippen molar-refractivity contribution in [3.05, 3.63) is 84.7 Å². The zero-order valence-electron chi connectivity index (χ0n) is 16.8. The summed E-state index contributed by atoms with van der Waals surface area (Å²) >= 11 is 0. The van der Waals surface area contributed by atoms with Crippen molar-refractivity contribution < 1.29 is 21.2 Å². The van der Waals surface area contributed by atoms with Crippen molar-refractivity contribution in [1.82, 2.24) is 9.78 Å². The molecule has 0 saturated carbocycles. The van der Waals surface area contributed by atoms with Crippen molar-refractivity contribution in [2.75, 3.05) is 6.26 Å². The standard InChI is InChI=1S/C22H18FN3O4S2/c1-31(27,28)19-10-4-15(5-11-19)21-14-22(16-2-6-17(23)7-3-16)26(25-21)18-8-12-20(13-9-18)32(24,29)30/h2-14H,1H3,(H2,24,29,30). The van der Waals surface area contributed by atoms with E-state index in [2.05, 4.69) is 5.10 Å². The molecule has 0 radical (unpaired) electrons. The highest BCUT2D eigenvalue weighted by Gasteiger charge is 2.15. The lowest BCUT2D eigenvalue weighted by molar-refractivity contribution is 0.597. The molecule has 0 aliphatic rings. The normalized spacial score (nSPS) is 12.1. The lowest BCUT2D eigenvalue weighted by Crippen LogP contribution is -2.12. The second-order valence-electron chi connectivity index (χ2n) is 7.17. The van der Waals surface area contributed by atoms with Gasteiger partial charge in [0.15, 0.2) is 9.84 Å². The third kappa shape index (κ3) is 4.47. The summed E-state index contributed by atoms with van der Waals surface area (Å²) in [7, 11) is -7.17. The SMILES string of the molecule is CS(=O)(=O)c1ccc(-c2cc(-c3ccc(F)cc3)n(-c3ccc(S(N)(=O)=O)cc3)n2)cc1. The van der Waals surface area contributed by atoms with Crippen LogP contribution in [-0.2, 0) is 19.9 Å². The summed E-state index contributed by atoms with van der Waals surface area (Å²) in [5.74, 6) is -0.381. The van der Waals surface area contributed by atoms with Gasteiger partial charge in [-0.05, 0) is 66.7 Å². The van der Waals surface area contributed by atoms with E-state index in [0.29, 0.717) is 28.2 Å². The molecule has 0 atom stereocenters. The van der Waals surface area contributed by atoms with E-state index in [0.717, 1.165) is 6.26 Å². The minimum absolute atomic E-state index is 0.0340. The van der Waals surface area contributed by atoms with Gasteiger partial charge >= 0.3 is 0 Å². The first-order valence-electron chi connectivity index (χ1n) is 9.32. The fraction of sp³-hybridized carbons (Fsp3) is 0.0455. The van der Waals surface area contributed by atoms with Gasteiger partial charge in [-0.25, -0.2) is 31.0 Å². The van der Waals surface area contributed by atoms with Crippen molar-refractivity contribution in [3.63, 3.8) is 0 Å². The van der Waals surface area contributed by atoms with Gasteiger partial charge in [0, 0.05) is 17.4 Å². The van der Waals surface area contributed by atoms with E-state index < -0.39 is 19.9 Å². The summed E-state index contributed by atoms with van der Waals surface area (Å²) < 4.78 is 61.6. The number of hydrogen-bond donors (Lipinski definition) is 1. The van der Waals surface area contributed by atoms with E-state index in [1.165, 1.54) is 36.4 Å². The van der Waals surface area contributed by atoms with Crippen molar-refractivity contribution in [2.24, 2.45) is 5.14 Å². The minimum Gasteiger partial charge on any atom is -0.232 e. The van der Waals surface area contributed by atoms with E-state index in [4.69, 9.17) is 5.14 Å². The average Bonchev–Trinajstić information content (AvgIpc) is 3.19. The Morgan fingerprint density at radius 2 is 1.31 bits per heavy atom. The Morgan fingerprint density at radius 1 is 0.781 bits per heavy atom. The predicted octanol–water partition coefficient (Wildman–Crippen LogP) is 3.40. The second-order valence-corrected chi connectivity index (χ2v) is 10.7. The van der Waals surface area contributed by atoms with Crippen LogP contribution in [0.3, 0.4) is 0 Å². The molecule has 0 spiro atoms. The molecule has 1 heterocycles. The predicted molar refractivity (Wildman–Crippen MR) is 119 cm³/mol. The first-order chi connectivity index (χ1) is 15.0. The molecule has 0 unspecified atom stereocenters. The molecule has 7 nitrogen and oxygen atoms in total. The van der Waals surface area contributed by atoms with Gasteiger partial charge in [-0.15, -0.1) is 0 Å². The maximum Gasteiger partial charge on any atom is 0.238 e. The van der Waals surface area contributed by atoms with E-state index in [1.54, 1.807) is 47.1 Å². The Labute approximate surface area is 184 Å². The maximum atomic E-state index is 13.4. The summed E-state index contributed by atoms with van der Waals surface area (Å²) in [6.07, 6.45) is 1.13. The summed E-state index contributed by atoms with van der Waals surface area (Å²) in [5, 5.41) is 9.80. The molecule has 4 rings (SSSR count). The summed E-state index contributed by atoms with van der Waals surface area (Å²) in [6, 6.07) is 19.9. The Morgan fingerprint density at radius 3 is 1.84 bits per heavy atom. The number of halogens is 1. The van der Waals surface area contributed by atoms with Gasteiger partial charge in [0.2, 0.25) is 10.0 Å². The van der Waals surface area contributed by atoms with E-state index in [-0.39, 0.29) is 15.6 Å². The highest BCUT2D eigenvalue weighted by atomic mass is 32.2. The topological polar surface area (TPSA) is 112 Å². The highest BCUT2D eigenvalue weighted by Crippen LogP contribution is 2.30. The number of primary sulfonamides is 1. The molecule has 10 heteroatoms. The molecule has 4 aromatic rings. The van der Waals surface area contributed by atoms with Crippen LogP contribution in [-0.4, -0.2) is 32.9 Å². The van der Waals surface area contributed by atoms with Crippen LogP contribution in [0.15, 0.2) is 88.7 Å². The number of hydrogen-bond acceptors (Lipinski definition) is 5. The monoisotopic (exact) mass is 471 g/mol. The highest BCUT2D eigenvalue weighted by molar-refractivity contribution is 7.90. The lowest BCUT2D eigenvalue weighted by atomic mass is 10.1. The number of sulfone groups is 1. The van der Waals surface area contributed by atoms with E-state index >= 15 is 0 Å². The molecule has 0 bridgehead atoms.